The summed E-state index contributed by atoms with van der Waals surface area (Å²) in [5.74, 6) is 0.438. The zero-order chi connectivity index (χ0) is 9.14. The van der Waals surface area contributed by atoms with Gasteiger partial charge in [-0.25, -0.2) is 0 Å². The van der Waals surface area contributed by atoms with Crippen molar-refractivity contribution in [1.29, 1.82) is 0 Å². The lowest BCUT2D eigenvalue weighted by Gasteiger charge is -2.13. The highest BCUT2D eigenvalue weighted by atomic mass is 32.1. The van der Waals surface area contributed by atoms with Gasteiger partial charge in [-0.15, -0.1) is 0 Å². The van der Waals surface area contributed by atoms with Crippen molar-refractivity contribution in [2.24, 2.45) is 0 Å². The lowest BCUT2D eigenvalue weighted by molar-refractivity contribution is -0.116. The molecule has 0 atom stereocenters. The number of rotatable bonds is 1. The molecule has 0 N–H and O–H groups in total. The van der Waals surface area contributed by atoms with Crippen LogP contribution in [0.1, 0.15) is 12.8 Å². The fourth-order valence-corrected chi connectivity index (χ4v) is 0.945. The normalized spacial score (nSPS) is 15.8. The van der Waals surface area contributed by atoms with Crippen LogP contribution in [0.25, 0.3) is 0 Å². The number of carbonyl (C=O) groups is 1. The number of carbonyl (C=O) groups excluding carboxylic acids is 1. The van der Waals surface area contributed by atoms with Gasteiger partial charge in [0.1, 0.15) is 0 Å². The Hall–Kier alpha value is -0.900. The highest BCUT2D eigenvalue weighted by Gasteiger charge is 2.18. The zero-order valence-corrected chi connectivity index (χ0v) is 7.98. The van der Waals surface area contributed by atoms with Crippen molar-refractivity contribution in [3.05, 3.63) is 11.8 Å². The van der Waals surface area contributed by atoms with Gasteiger partial charge in [-0.2, -0.15) is 0 Å². The quantitative estimate of drug-likeness (QED) is 0.572. The van der Waals surface area contributed by atoms with Crippen molar-refractivity contribution < 1.29 is 9.53 Å². The summed E-state index contributed by atoms with van der Waals surface area (Å²) in [6.45, 7) is 0. The summed E-state index contributed by atoms with van der Waals surface area (Å²) in [5.41, 5.74) is 0. The number of ketones is 1. The van der Waals surface area contributed by atoms with Crippen LogP contribution in [0.3, 0.4) is 0 Å². The second-order valence-electron chi connectivity index (χ2n) is 2.79. The van der Waals surface area contributed by atoms with Gasteiger partial charge in [-0.1, -0.05) is 0 Å². The lowest BCUT2D eigenvalue weighted by atomic mass is 10.3. The molecule has 0 aromatic carbocycles. The molecule has 0 unspecified atom stereocenters. The molecule has 0 fully saturated rings. The summed E-state index contributed by atoms with van der Waals surface area (Å²) in [7, 11) is 3.56. The third kappa shape index (κ3) is 2.04. The third-order valence-electron chi connectivity index (χ3n) is 1.54. The van der Waals surface area contributed by atoms with Crippen LogP contribution in [-0.4, -0.2) is 30.0 Å². The number of allylic oxidation sites excluding steroid dienone is 2. The minimum absolute atomic E-state index is 0.0409. The topological polar surface area (TPSA) is 29.5 Å². The van der Waals surface area contributed by atoms with E-state index in [2.05, 4.69) is 0 Å². The number of ether oxygens (including phenoxy) is 1. The van der Waals surface area contributed by atoms with E-state index < -0.39 is 0 Å². The first-order valence-corrected chi connectivity index (χ1v) is 4.14. The van der Waals surface area contributed by atoms with Gasteiger partial charge >= 0.3 is 0 Å². The molecule has 1 aliphatic carbocycles. The predicted octanol–water partition coefficient (Wildman–Crippen LogP) is 1.10. The fourth-order valence-electron chi connectivity index (χ4n) is 0.855. The molecule has 4 heteroatoms. The molecule has 0 spiro atoms. The van der Waals surface area contributed by atoms with Gasteiger partial charge in [0.2, 0.25) is 0 Å². The van der Waals surface area contributed by atoms with E-state index in [9.17, 15) is 4.79 Å². The van der Waals surface area contributed by atoms with Crippen molar-refractivity contribution in [2.75, 3.05) is 14.1 Å². The maximum Gasteiger partial charge on any atom is 0.264 e. The molecule has 0 saturated heterocycles. The fraction of sp³-hybridized carbons (Fsp3) is 0.500. The Labute approximate surface area is 77.0 Å². The van der Waals surface area contributed by atoms with E-state index in [1.165, 1.54) is 0 Å². The maximum atomic E-state index is 11.1. The molecule has 0 heterocycles. The summed E-state index contributed by atoms with van der Waals surface area (Å²) < 4.78 is 5.15. The molecule has 0 radical (unpaired) electrons. The van der Waals surface area contributed by atoms with Crippen LogP contribution in [0.15, 0.2) is 11.8 Å². The molecule has 1 aliphatic rings. The van der Waals surface area contributed by atoms with E-state index in [0.717, 1.165) is 6.42 Å². The Morgan fingerprint density at radius 3 is 2.75 bits per heavy atom. The van der Waals surface area contributed by atoms with Crippen molar-refractivity contribution in [3.63, 3.8) is 0 Å². The SMILES string of the molecule is CN(C)C(=S)OC1=CCCC1=O. The van der Waals surface area contributed by atoms with Crippen LogP contribution in [-0.2, 0) is 9.53 Å². The van der Waals surface area contributed by atoms with Gasteiger partial charge in [0.15, 0.2) is 11.5 Å². The molecular formula is C8H11NO2S. The summed E-state index contributed by atoms with van der Waals surface area (Å²) in [4.78, 5) is 12.7. The molecule has 1 rings (SSSR count). The van der Waals surface area contributed by atoms with Crippen LogP contribution in [0.2, 0.25) is 0 Å². The maximum absolute atomic E-state index is 11.1. The number of thiocarbonyl (C=S) groups is 1. The van der Waals surface area contributed by atoms with Crippen molar-refractivity contribution in [2.45, 2.75) is 12.8 Å². The molecule has 12 heavy (non-hydrogen) atoms. The Kier molecular flexibility index (Phi) is 2.81. The smallest absolute Gasteiger partial charge is 0.264 e. The Bertz CT molecular complexity index is 245. The van der Waals surface area contributed by atoms with Gasteiger partial charge in [0.05, 0.1) is 0 Å². The van der Waals surface area contributed by atoms with Gasteiger partial charge in [-0.05, 0) is 24.7 Å². The summed E-state index contributed by atoms with van der Waals surface area (Å²) in [6.07, 6.45) is 3.09. The Morgan fingerprint density at radius 2 is 2.33 bits per heavy atom. The van der Waals surface area contributed by atoms with Crippen LogP contribution in [0, 0.1) is 0 Å². The standard InChI is InChI=1S/C8H11NO2S/c1-9(2)8(12)11-7-5-3-4-6(7)10/h5H,3-4H2,1-2H3. The molecule has 3 nitrogen and oxygen atoms in total. The van der Waals surface area contributed by atoms with Gasteiger partial charge < -0.3 is 9.64 Å². The van der Waals surface area contributed by atoms with E-state index in [0.29, 0.717) is 17.4 Å². The molecule has 0 aromatic rings. The predicted molar refractivity (Wildman–Crippen MR) is 49.7 cm³/mol. The van der Waals surface area contributed by atoms with E-state index in [1.807, 2.05) is 0 Å². The third-order valence-corrected chi connectivity index (χ3v) is 1.99. The second kappa shape index (κ2) is 3.67. The van der Waals surface area contributed by atoms with Crippen LogP contribution in [0.4, 0.5) is 0 Å². The van der Waals surface area contributed by atoms with Gasteiger partial charge in [-0.3, -0.25) is 4.79 Å². The minimum atomic E-state index is 0.0409. The molecule has 66 valence electrons. The molecule has 0 bridgehead atoms. The van der Waals surface area contributed by atoms with E-state index >= 15 is 0 Å². The first-order valence-electron chi connectivity index (χ1n) is 3.74. The van der Waals surface area contributed by atoms with Crippen LogP contribution >= 0.6 is 12.2 Å². The van der Waals surface area contributed by atoms with Crippen molar-refractivity contribution in [3.8, 4) is 0 Å². The second-order valence-corrected chi connectivity index (χ2v) is 3.14. The Morgan fingerprint density at radius 1 is 1.67 bits per heavy atom. The van der Waals surface area contributed by atoms with Gasteiger partial charge in [0, 0.05) is 20.5 Å². The van der Waals surface area contributed by atoms with Crippen molar-refractivity contribution >= 4 is 23.2 Å². The van der Waals surface area contributed by atoms with Gasteiger partial charge in [0.25, 0.3) is 5.17 Å². The molecule has 0 aromatic heterocycles. The first kappa shape index (κ1) is 9.19. The molecule has 0 aliphatic heterocycles. The zero-order valence-electron chi connectivity index (χ0n) is 7.16. The highest BCUT2D eigenvalue weighted by Crippen LogP contribution is 2.15. The van der Waals surface area contributed by atoms with Crippen molar-refractivity contribution in [1.82, 2.24) is 4.90 Å². The summed E-state index contributed by atoms with van der Waals surface area (Å²) in [6, 6.07) is 0. The highest BCUT2D eigenvalue weighted by molar-refractivity contribution is 7.80. The lowest BCUT2D eigenvalue weighted by Crippen LogP contribution is -2.23. The molecule has 0 amide bonds. The molecule has 0 saturated carbocycles. The monoisotopic (exact) mass is 185 g/mol. The van der Waals surface area contributed by atoms with E-state index in [-0.39, 0.29) is 5.78 Å². The van der Waals surface area contributed by atoms with E-state index in [4.69, 9.17) is 17.0 Å². The first-order chi connectivity index (χ1) is 5.61. The largest absolute Gasteiger partial charge is 0.428 e. The number of Topliss-reactive ketones (excluding diaryl/α,β-unsaturated/α-hetero) is 1. The van der Waals surface area contributed by atoms with Crippen LogP contribution in [0.5, 0.6) is 0 Å². The number of nitrogens with zero attached hydrogens (tertiary/aromatic N) is 1. The summed E-state index contributed by atoms with van der Waals surface area (Å²) in [5, 5.41) is 0.330. The number of hydrogen-bond acceptors (Lipinski definition) is 3. The average Bonchev–Trinajstić information content (AvgIpc) is 2.36. The van der Waals surface area contributed by atoms with E-state index in [1.54, 1.807) is 25.1 Å². The minimum Gasteiger partial charge on any atom is -0.428 e. The average molecular weight is 185 g/mol. The molecular weight excluding hydrogens is 174 g/mol. The summed E-state index contributed by atoms with van der Waals surface area (Å²) >= 11 is 4.88. The number of hydrogen-bond donors (Lipinski definition) is 0. The van der Waals surface area contributed by atoms with Crippen LogP contribution < -0.4 is 0 Å². The Balaban J connectivity index is 2.52.